The molecule has 0 saturated carbocycles. The Hall–Kier alpha value is -1.43. The van der Waals surface area contributed by atoms with Gasteiger partial charge in [0, 0.05) is 49.3 Å². The average molecular weight is 397 g/mol. The summed E-state index contributed by atoms with van der Waals surface area (Å²) < 4.78 is 0. The van der Waals surface area contributed by atoms with Crippen LogP contribution < -0.4 is 4.90 Å². The Morgan fingerprint density at radius 1 is 0.929 bits per heavy atom. The lowest BCUT2D eigenvalue weighted by Crippen LogP contribution is -2.55. The van der Waals surface area contributed by atoms with Gasteiger partial charge in [-0.2, -0.15) is 0 Å². The summed E-state index contributed by atoms with van der Waals surface area (Å²) in [6, 6.07) is 11.6. The lowest BCUT2D eigenvalue weighted by Gasteiger charge is -2.43. The number of piperidine rings is 1. The highest BCUT2D eigenvalue weighted by molar-refractivity contribution is 7.11. The molecule has 150 valence electrons. The van der Waals surface area contributed by atoms with E-state index < -0.39 is 0 Å². The molecule has 1 aromatic heterocycles. The van der Waals surface area contributed by atoms with Crippen molar-refractivity contribution in [1.82, 2.24) is 14.8 Å². The fraction of sp³-hybridized carbons (Fsp3) is 0.609. The molecule has 1 atom stereocenters. The molecule has 28 heavy (non-hydrogen) atoms. The van der Waals surface area contributed by atoms with Crippen LogP contribution in [-0.4, -0.2) is 60.1 Å². The van der Waals surface area contributed by atoms with Crippen molar-refractivity contribution in [2.75, 3.05) is 44.2 Å². The number of fused-ring (bicyclic) bond motifs is 1. The minimum atomic E-state index is 0.723. The molecule has 1 aromatic carbocycles. The number of piperazine rings is 1. The second-order valence-electron chi connectivity index (χ2n) is 8.57. The lowest BCUT2D eigenvalue weighted by atomic mass is 10.0. The number of rotatable bonds is 4. The van der Waals surface area contributed by atoms with Crippen LogP contribution in [0.15, 0.2) is 30.3 Å². The van der Waals surface area contributed by atoms with Gasteiger partial charge < -0.3 is 4.90 Å². The van der Waals surface area contributed by atoms with E-state index in [9.17, 15) is 0 Å². The molecule has 3 aliphatic rings. The Balaban J connectivity index is 1.16. The number of nitrogens with zero attached hydrogens (tertiary/aromatic N) is 4. The van der Waals surface area contributed by atoms with Crippen molar-refractivity contribution in [1.29, 1.82) is 0 Å². The molecule has 2 aromatic rings. The van der Waals surface area contributed by atoms with E-state index in [1.807, 2.05) is 11.3 Å². The summed E-state index contributed by atoms with van der Waals surface area (Å²) in [4.78, 5) is 14.5. The van der Waals surface area contributed by atoms with E-state index in [1.54, 1.807) is 4.88 Å². The summed E-state index contributed by atoms with van der Waals surface area (Å²) in [5, 5.41) is 1.36. The number of aromatic nitrogens is 1. The standard InChI is InChI=1S/C23H32N4S/c1-2-7-19(8-3-1)26-13-15-27(16-14-26)20-9-6-12-25(17-20)18-23-24-21-10-4-5-11-22(21)28-23/h1-3,7-8,20H,4-6,9-18H2. The predicted molar refractivity (Wildman–Crippen MR) is 117 cm³/mol. The van der Waals surface area contributed by atoms with Crippen LogP contribution in [0.5, 0.6) is 0 Å². The zero-order chi connectivity index (χ0) is 18.8. The van der Waals surface area contributed by atoms with E-state index in [0.717, 1.165) is 25.7 Å². The molecule has 0 spiro atoms. The lowest BCUT2D eigenvalue weighted by molar-refractivity contribution is 0.0887. The second kappa shape index (κ2) is 8.52. The third kappa shape index (κ3) is 4.12. The van der Waals surface area contributed by atoms with Crippen molar-refractivity contribution >= 4 is 17.0 Å². The third-order valence-electron chi connectivity index (χ3n) is 6.68. The Bertz CT molecular complexity index is 743. The summed E-state index contributed by atoms with van der Waals surface area (Å²) in [5.74, 6) is 0. The van der Waals surface area contributed by atoms with E-state index >= 15 is 0 Å². The second-order valence-corrected chi connectivity index (χ2v) is 9.74. The molecule has 2 aliphatic heterocycles. The quantitative estimate of drug-likeness (QED) is 0.784. The van der Waals surface area contributed by atoms with Crippen molar-refractivity contribution in [3.05, 3.63) is 45.9 Å². The SMILES string of the molecule is c1ccc(N2CCN(C3CCCN(Cc4nc5c(s4)CCCC5)C3)CC2)cc1. The molecule has 5 heteroatoms. The summed E-state index contributed by atoms with van der Waals surface area (Å²) in [6.07, 6.45) is 7.85. The number of thiazole rings is 1. The minimum Gasteiger partial charge on any atom is -0.369 e. The van der Waals surface area contributed by atoms with E-state index in [2.05, 4.69) is 45.0 Å². The number of hydrogen-bond acceptors (Lipinski definition) is 5. The molecule has 4 nitrogen and oxygen atoms in total. The van der Waals surface area contributed by atoms with Crippen LogP contribution in [0.25, 0.3) is 0 Å². The van der Waals surface area contributed by atoms with E-state index in [-0.39, 0.29) is 0 Å². The van der Waals surface area contributed by atoms with E-state index in [4.69, 9.17) is 4.98 Å². The van der Waals surface area contributed by atoms with E-state index in [0.29, 0.717) is 0 Å². The first-order valence-corrected chi connectivity index (χ1v) is 11.9. The molecule has 1 unspecified atom stereocenters. The molecule has 0 N–H and O–H groups in total. The maximum Gasteiger partial charge on any atom is 0.107 e. The summed E-state index contributed by atoms with van der Waals surface area (Å²) in [5.41, 5.74) is 2.79. The number of anilines is 1. The Labute approximate surface area is 173 Å². The summed E-state index contributed by atoms with van der Waals surface area (Å²) >= 11 is 1.99. The first kappa shape index (κ1) is 18.6. The average Bonchev–Trinajstić information content (AvgIpc) is 3.17. The number of hydrogen-bond donors (Lipinski definition) is 0. The van der Waals surface area contributed by atoms with Crippen molar-refractivity contribution in [2.45, 2.75) is 51.1 Å². The van der Waals surface area contributed by atoms with Gasteiger partial charge in [0.25, 0.3) is 0 Å². The fourth-order valence-electron chi connectivity index (χ4n) is 5.12. The van der Waals surface area contributed by atoms with Gasteiger partial charge in [-0.1, -0.05) is 18.2 Å². The smallest absolute Gasteiger partial charge is 0.107 e. The Morgan fingerprint density at radius 2 is 1.75 bits per heavy atom. The Morgan fingerprint density at radius 3 is 2.57 bits per heavy atom. The molecule has 1 aliphatic carbocycles. The molecule has 0 bridgehead atoms. The highest BCUT2D eigenvalue weighted by atomic mass is 32.1. The number of benzene rings is 1. The van der Waals surface area contributed by atoms with Crippen molar-refractivity contribution in [3.63, 3.8) is 0 Å². The molecule has 2 fully saturated rings. The molecular formula is C23H32N4S. The molecule has 0 radical (unpaired) electrons. The van der Waals surface area contributed by atoms with E-state index in [1.165, 1.54) is 81.1 Å². The van der Waals surface area contributed by atoms with Crippen LogP contribution in [0.1, 0.15) is 41.3 Å². The first-order chi connectivity index (χ1) is 13.8. The molecule has 3 heterocycles. The van der Waals surface area contributed by atoms with Crippen LogP contribution in [-0.2, 0) is 19.4 Å². The van der Waals surface area contributed by atoms with Gasteiger partial charge in [0.05, 0.1) is 12.2 Å². The number of likely N-dealkylation sites (tertiary alicyclic amines) is 1. The van der Waals surface area contributed by atoms with Crippen molar-refractivity contribution in [2.24, 2.45) is 0 Å². The maximum atomic E-state index is 4.98. The highest BCUT2D eigenvalue weighted by Crippen LogP contribution is 2.28. The van der Waals surface area contributed by atoms with Gasteiger partial charge in [-0.05, 0) is 57.2 Å². The first-order valence-electron chi connectivity index (χ1n) is 11.1. The largest absolute Gasteiger partial charge is 0.369 e. The van der Waals surface area contributed by atoms with Gasteiger partial charge in [0.2, 0.25) is 0 Å². The van der Waals surface area contributed by atoms with Crippen LogP contribution >= 0.6 is 11.3 Å². The molecule has 2 saturated heterocycles. The predicted octanol–water partition coefficient (Wildman–Crippen LogP) is 3.81. The van der Waals surface area contributed by atoms with Gasteiger partial charge in [-0.3, -0.25) is 9.80 Å². The topological polar surface area (TPSA) is 22.6 Å². The van der Waals surface area contributed by atoms with Crippen LogP contribution in [0.3, 0.4) is 0 Å². The van der Waals surface area contributed by atoms with Crippen LogP contribution in [0, 0.1) is 0 Å². The van der Waals surface area contributed by atoms with Crippen LogP contribution in [0.4, 0.5) is 5.69 Å². The third-order valence-corrected chi connectivity index (χ3v) is 7.82. The van der Waals surface area contributed by atoms with Gasteiger partial charge in [0.1, 0.15) is 5.01 Å². The normalized spacial score (nSPS) is 24.3. The monoisotopic (exact) mass is 396 g/mol. The highest BCUT2D eigenvalue weighted by Gasteiger charge is 2.28. The number of para-hydroxylation sites is 1. The maximum absolute atomic E-state index is 4.98. The number of aryl methyl sites for hydroxylation is 2. The summed E-state index contributed by atoms with van der Waals surface area (Å²) in [7, 11) is 0. The molecule has 5 rings (SSSR count). The fourth-order valence-corrected chi connectivity index (χ4v) is 6.32. The van der Waals surface area contributed by atoms with Crippen molar-refractivity contribution in [3.8, 4) is 0 Å². The van der Waals surface area contributed by atoms with Crippen molar-refractivity contribution < 1.29 is 0 Å². The van der Waals surface area contributed by atoms with Gasteiger partial charge in [-0.15, -0.1) is 11.3 Å². The van der Waals surface area contributed by atoms with Gasteiger partial charge in [0.15, 0.2) is 0 Å². The summed E-state index contributed by atoms with van der Waals surface area (Å²) in [6.45, 7) is 8.22. The van der Waals surface area contributed by atoms with Gasteiger partial charge >= 0.3 is 0 Å². The molecule has 0 amide bonds. The van der Waals surface area contributed by atoms with Gasteiger partial charge in [-0.25, -0.2) is 4.98 Å². The minimum absolute atomic E-state index is 0.723. The molecular weight excluding hydrogens is 364 g/mol. The zero-order valence-electron chi connectivity index (χ0n) is 16.9. The Kier molecular flexibility index (Phi) is 5.66. The zero-order valence-corrected chi connectivity index (χ0v) is 17.7. The van der Waals surface area contributed by atoms with Crippen LogP contribution in [0.2, 0.25) is 0 Å².